The Hall–Kier alpha value is -1.59. The van der Waals surface area contributed by atoms with Gasteiger partial charge in [-0.2, -0.15) is 0 Å². The number of nitrogens with zero attached hydrogens (tertiary/aromatic N) is 1. The fourth-order valence-corrected chi connectivity index (χ4v) is 3.06. The number of fused-ring (bicyclic) bond motifs is 3. The van der Waals surface area contributed by atoms with Crippen LogP contribution in [0.1, 0.15) is 29.9 Å². The first-order chi connectivity index (χ1) is 10.8. The predicted molar refractivity (Wildman–Crippen MR) is 84.5 cm³/mol. The van der Waals surface area contributed by atoms with E-state index in [1.165, 1.54) is 5.56 Å². The lowest BCUT2D eigenvalue weighted by molar-refractivity contribution is 0.0689. The third-order valence-electron chi connectivity index (χ3n) is 4.24. The first-order valence-electron chi connectivity index (χ1n) is 7.78. The maximum absolute atomic E-state index is 5.89. The van der Waals surface area contributed by atoms with Crippen molar-refractivity contribution in [3.8, 4) is 11.5 Å². The summed E-state index contributed by atoms with van der Waals surface area (Å²) >= 11 is 0. The summed E-state index contributed by atoms with van der Waals surface area (Å²) in [5.74, 6) is 1.86. The van der Waals surface area contributed by atoms with Gasteiger partial charge in [-0.25, -0.2) is 0 Å². The maximum atomic E-state index is 5.89. The zero-order valence-electron chi connectivity index (χ0n) is 13.2. The third kappa shape index (κ3) is 3.10. The molecule has 0 N–H and O–H groups in total. The van der Waals surface area contributed by atoms with Gasteiger partial charge in [0.15, 0.2) is 11.5 Å². The zero-order valence-corrected chi connectivity index (χ0v) is 13.2. The van der Waals surface area contributed by atoms with Crippen LogP contribution in [0.15, 0.2) is 17.1 Å². The molecule has 3 rings (SSSR count). The summed E-state index contributed by atoms with van der Waals surface area (Å²) in [6.45, 7) is 2.83. The van der Waals surface area contributed by atoms with Gasteiger partial charge in [0.25, 0.3) is 0 Å². The van der Waals surface area contributed by atoms with Crippen LogP contribution in [0.3, 0.4) is 0 Å². The van der Waals surface area contributed by atoms with E-state index in [0.717, 1.165) is 43.1 Å². The number of aliphatic imine (C=N–C) groups is 1. The lowest BCUT2D eigenvalue weighted by Gasteiger charge is -2.33. The first-order valence-corrected chi connectivity index (χ1v) is 7.78. The Labute approximate surface area is 131 Å². The number of ether oxygens (including phenoxy) is 4. The summed E-state index contributed by atoms with van der Waals surface area (Å²) in [5.41, 5.74) is 2.36. The molecular formula is C17H23NO4. The smallest absolute Gasteiger partial charge is 0.161 e. The molecule has 0 bridgehead atoms. The molecule has 5 heteroatoms. The fraction of sp³-hybridized carbons (Fsp3) is 0.588. The molecule has 22 heavy (non-hydrogen) atoms. The molecule has 2 heterocycles. The average molecular weight is 305 g/mol. The second-order valence-corrected chi connectivity index (χ2v) is 5.64. The van der Waals surface area contributed by atoms with Crippen LogP contribution in [0.2, 0.25) is 0 Å². The molecule has 0 radical (unpaired) electrons. The molecule has 1 aromatic rings. The highest BCUT2D eigenvalue weighted by Gasteiger charge is 2.31. The summed E-state index contributed by atoms with van der Waals surface area (Å²) in [5, 5.41) is 0. The Morgan fingerprint density at radius 1 is 1.23 bits per heavy atom. The molecule has 0 aliphatic carbocycles. The maximum Gasteiger partial charge on any atom is 0.161 e. The zero-order chi connectivity index (χ0) is 15.4. The normalized spacial score (nSPS) is 22.8. The third-order valence-corrected chi connectivity index (χ3v) is 4.24. The molecule has 1 aromatic carbocycles. The minimum atomic E-state index is 0.320. The van der Waals surface area contributed by atoms with Crippen molar-refractivity contribution in [2.24, 2.45) is 4.99 Å². The molecule has 2 aliphatic rings. The largest absolute Gasteiger partial charge is 0.493 e. The van der Waals surface area contributed by atoms with Crippen molar-refractivity contribution in [1.29, 1.82) is 0 Å². The highest BCUT2D eigenvalue weighted by Crippen LogP contribution is 2.39. The van der Waals surface area contributed by atoms with Crippen LogP contribution in [0.5, 0.6) is 11.5 Å². The van der Waals surface area contributed by atoms with Crippen LogP contribution >= 0.6 is 0 Å². The van der Waals surface area contributed by atoms with Crippen molar-refractivity contribution in [3.63, 3.8) is 0 Å². The number of hydrogen-bond donors (Lipinski definition) is 0. The van der Waals surface area contributed by atoms with Crippen molar-refractivity contribution >= 4 is 6.21 Å². The van der Waals surface area contributed by atoms with Gasteiger partial charge in [-0.05, 0) is 29.7 Å². The summed E-state index contributed by atoms with van der Waals surface area (Å²) in [6.07, 6.45) is 3.79. The number of methoxy groups -OCH3 is 2. The van der Waals surface area contributed by atoms with E-state index in [1.54, 1.807) is 14.2 Å². The Morgan fingerprint density at radius 2 is 2.14 bits per heavy atom. The van der Waals surface area contributed by atoms with Crippen molar-refractivity contribution in [2.75, 3.05) is 40.6 Å². The molecule has 2 unspecified atom stereocenters. The number of rotatable bonds is 6. The van der Waals surface area contributed by atoms with Gasteiger partial charge in [-0.15, -0.1) is 0 Å². The van der Waals surface area contributed by atoms with E-state index in [4.69, 9.17) is 18.9 Å². The van der Waals surface area contributed by atoms with Gasteiger partial charge >= 0.3 is 0 Å². The minimum Gasteiger partial charge on any atom is -0.493 e. The van der Waals surface area contributed by atoms with E-state index in [0.29, 0.717) is 25.2 Å². The van der Waals surface area contributed by atoms with Crippen LogP contribution < -0.4 is 9.47 Å². The van der Waals surface area contributed by atoms with Crippen LogP contribution in [0, 0.1) is 0 Å². The van der Waals surface area contributed by atoms with Crippen molar-refractivity contribution in [3.05, 3.63) is 23.3 Å². The number of benzene rings is 1. The molecule has 0 amide bonds. The molecule has 2 atom stereocenters. The van der Waals surface area contributed by atoms with Gasteiger partial charge < -0.3 is 18.9 Å². The topological polar surface area (TPSA) is 49.3 Å². The fourth-order valence-electron chi connectivity index (χ4n) is 3.06. The van der Waals surface area contributed by atoms with Gasteiger partial charge in [0.2, 0.25) is 0 Å². The SMILES string of the molecule is COCCCOc1cc2c(cc1OC)C=NC1CCOCC21. The monoisotopic (exact) mass is 305 g/mol. The lowest BCUT2D eigenvalue weighted by atomic mass is 9.84. The molecule has 0 aromatic heterocycles. The van der Waals surface area contributed by atoms with Gasteiger partial charge in [0.05, 0.1) is 26.4 Å². The minimum absolute atomic E-state index is 0.320. The second-order valence-electron chi connectivity index (χ2n) is 5.64. The van der Waals surface area contributed by atoms with Gasteiger partial charge in [-0.3, -0.25) is 4.99 Å². The molecule has 1 saturated heterocycles. The average Bonchev–Trinajstić information content (AvgIpc) is 2.58. The number of hydrogen-bond acceptors (Lipinski definition) is 5. The molecule has 0 spiro atoms. The van der Waals surface area contributed by atoms with Gasteiger partial charge in [-0.1, -0.05) is 0 Å². The first kappa shape index (κ1) is 15.3. The summed E-state index contributed by atoms with van der Waals surface area (Å²) in [6, 6.07) is 4.43. The van der Waals surface area contributed by atoms with Crippen LogP contribution in [-0.2, 0) is 9.47 Å². The molecular weight excluding hydrogens is 282 g/mol. The predicted octanol–water partition coefficient (Wildman–Crippen LogP) is 2.42. The van der Waals surface area contributed by atoms with E-state index in [1.807, 2.05) is 12.3 Å². The van der Waals surface area contributed by atoms with Crippen molar-refractivity contribution in [1.82, 2.24) is 0 Å². The molecule has 5 nitrogen and oxygen atoms in total. The standard InChI is InChI=1S/C17H23NO4/c1-19-5-3-6-22-17-9-13-12(8-16(17)20-2)10-18-15-4-7-21-11-14(13)15/h8-10,14-15H,3-7,11H2,1-2H3. The Morgan fingerprint density at radius 3 is 2.95 bits per heavy atom. The van der Waals surface area contributed by atoms with Crippen LogP contribution in [0.4, 0.5) is 0 Å². The van der Waals surface area contributed by atoms with Crippen LogP contribution in [0.25, 0.3) is 0 Å². The van der Waals surface area contributed by atoms with E-state index >= 15 is 0 Å². The highest BCUT2D eigenvalue weighted by molar-refractivity contribution is 5.85. The quantitative estimate of drug-likeness (QED) is 0.757. The Balaban J connectivity index is 1.83. The van der Waals surface area contributed by atoms with E-state index in [2.05, 4.69) is 11.1 Å². The Bertz CT molecular complexity index is 544. The van der Waals surface area contributed by atoms with Crippen molar-refractivity contribution < 1.29 is 18.9 Å². The van der Waals surface area contributed by atoms with Gasteiger partial charge in [0.1, 0.15) is 0 Å². The van der Waals surface area contributed by atoms with Gasteiger partial charge in [0, 0.05) is 38.9 Å². The summed E-state index contributed by atoms with van der Waals surface area (Å²) in [4.78, 5) is 4.67. The van der Waals surface area contributed by atoms with E-state index < -0.39 is 0 Å². The van der Waals surface area contributed by atoms with E-state index in [9.17, 15) is 0 Å². The molecule has 0 saturated carbocycles. The molecule has 2 aliphatic heterocycles. The Kier molecular flexibility index (Phi) is 4.95. The summed E-state index contributed by atoms with van der Waals surface area (Å²) < 4.78 is 22.0. The van der Waals surface area contributed by atoms with E-state index in [-0.39, 0.29) is 0 Å². The second kappa shape index (κ2) is 7.11. The van der Waals surface area contributed by atoms with Crippen molar-refractivity contribution in [2.45, 2.75) is 24.8 Å². The lowest BCUT2D eigenvalue weighted by Crippen LogP contribution is -2.32. The van der Waals surface area contributed by atoms with Crippen LogP contribution in [-0.4, -0.2) is 52.9 Å². The molecule has 1 fully saturated rings. The molecule has 120 valence electrons. The summed E-state index contributed by atoms with van der Waals surface area (Å²) in [7, 11) is 3.36. The highest BCUT2D eigenvalue weighted by atomic mass is 16.5.